The molecular formula is C14H13N5. The molecule has 0 aliphatic carbocycles. The van der Waals surface area contributed by atoms with E-state index in [4.69, 9.17) is 5.73 Å². The van der Waals surface area contributed by atoms with Crippen LogP contribution in [0.1, 0.15) is 5.56 Å². The molecule has 0 amide bonds. The number of rotatable bonds is 2. The molecule has 5 heteroatoms. The van der Waals surface area contributed by atoms with E-state index in [1.165, 1.54) is 0 Å². The fourth-order valence-corrected chi connectivity index (χ4v) is 1.99. The summed E-state index contributed by atoms with van der Waals surface area (Å²) in [5.41, 5.74) is 9.51. The average molecular weight is 251 g/mol. The summed E-state index contributed by atoms with van der Waals surface area (Å²) in [6.45, 7) is 1.97. The summed E-state index contributed by atoms with van der Waals surface area (Å²) in [7, 11) is 0. The first-order valence-electron chi connectivity index (χ1n) is 5.96. The van der Waals surface area contributed by atoms with Gasteiger partial charge in [-0.3, -0.25) is 0 Å². The molecule has 3 rings (SSSR count). The number of hydrogen-bond donors (Lipinski definition) is 1. The van der Waals surface area contributed by atoms with E-state index in [9.17, 15) is 0 Å². The summed E-state index contributed by atoms with van der Waals surface area (Å²) in [6.07, 6.45) is 0. The average Bonchev–Trinajstić information content (AvgIpc) is 2.92. The van der Waals surface area contributed by atoms with Gasteiger partial charge in [-0.2, -0.15) is 4.68 Å². The quantitative estimate of drug-likeness (QED) is 0.709. The number of nitrogens with zero attached hydrogens (tertiary/aromatic N) is 4. The molecule has 19 heavy (non-hydrogen) atoms. The van der Waals surface area contributed by atoms with Crippen molar-refractivity contribution in [3.05, 3.63) is 54.1 Å². The zero-order chi connectivity index (χ0) is 13.2. The number of nitrogen functional groups attached to an aromatic ring is 1. The lowest BCUT2D eigenvalue weighted by molar-refractivity contribution is 0.791. The monoisotopic (exact) mass is 251 g/mol. The predicted molar refractivity (Wildman–Crippen MR) is 73.7 cm³/mol. The van der Waals surface area contributed by atoms with E-state index in [1.54, 1.807) is 4.68 Å². The molecule has 2 aromatic carbocycles. The number of anilines is 1. The van der Waals surface area contributed by atoms with Gasteiger partial charge in [0.2, 0.25) is 0 Å². The molecule has 94 valence electrons. The minimum atomic E-state index is 0.691. The molecule has 2 N–H and O–H groups in total. The van der Waals surface area contributed by atoms with Gasteiger partial charge in [-0.25, -0.2) is 0 Å². The fraction of sp³-hybridized carbons (Fsp3) is 0.0714. The van der Waals surface area contributed by atoms with Gasteiger partial charge in [-0.05, 0) is 41.1 Å². The molecule has 0 unspecified atom stereocenters. The summed E-state index contributed by atoms with van der Waals surface area (Å²) < 4.78 is 1.71. The molecule has 0 saturated carbocycles. The molecule has 5 nitrogen and oxygen atoms in total. The highest BCUT2D eigenvalue weighted by Crippen LogP contribution is 2.26. The third kappa shape index (κ3) is 1.95. The van der Waals surface area contributed by atoms with Crippen LogP contribution in [0.25, 0.3) is 17.1 Å². The molecule has 0 spiro atoms. The van der Waals surface area contributed by atoms with Crippen molar-refractivity contribution in [1.82, 2.24) is 20.2 Å². The van der Waals surface area contributed by atoms with Crippen LogP contribution in [0.15, 0.2) is 48.5 Å². The lowest BCUT2D eigenvalue weighted by Crippen LogP contribution is -2.01. The van der Waals surface area contributed by atoms with Gasteiger partial charge in [0.15, 0.2) is 5.82 Å². The van der Waals surface area contributed by atoms with Crippen LogP contribution in [-0.2, 0) is 0 Å². The smallest absolute Gasteiger partial charge is 0.187 e. The van der Waals surface area contributed by atoms with Crippen molar-refractivity contribution in [2.75, 3.05) is 5.73 Å². The highest BCUT2D eigenvalue weighted by molar-refractivity contribution is 5.68. The highest BCUT2D eigenvalue weighted by atomic mass is 15.5. The maximum Gasteiger partial charge on any atom is 0.187 e. The first-order valence-corrected chi connectivity index (χ1v) is 5.96. The van der Waals surface area contributed by atoms with Crippen molar-refractivity contribution in [3.8, 4) is 17.1 Å². The van der Waals surface area contributed by atoms with Crippen LogP contribution in [0.3, 0.4) is 0 Å². The van der Waals surface area contributed by atoms with Gasteiger partial charge in [0.1, 0.15) is 0 Å². The molecule has 0 saturated heterocycles. The third-order valence-corrected chi connectivity index (χ3v) is 3.09. The van der Waals surface area contributed by atoms with Gasteiger partial charge in [-0.15, -0.1) is 5.10 Å². The second-order valence-corrected chi connectivity index (χ2v) is 4.27. The Balaban J connectivity index is 2.18. The molecule has 0 aliphatic heterocycles. The minimum absolute atomic E-state index is 0.691. The van der Waals surface area contributed by atoms with E-state index in [1.807, 2.05) is 55.5 Å². The number of nitrogens with two attached hydrogens (primary N) is 1. The second kappa shape index (κ2) is 4.53. The second-order valence-electron chi connectivity index (χ2n) is 4.27. The first-order chi connectivity index (χ1) is 9.27. The normalized spacial score (nSPS) is 10.6. The van der Waals surface area contributed by atoms with Crippen LogP contribution in [-0.4, -0.2) is 20.2 Å². The zero-order valence-electron chi connectivity index (χ0n) is 10.5. The maximum absolute atomic E-state index is 5.94. The Morgan fingerprint density at radius 1 is 1.00 bits per heavy atom. The molecule has 0 atom stereocenters. The molecular weight excluding hydrogens is 238 g/mol. The Bertz CT molecular complexity index is 703. The summed E-state index contributed by atoms with van der Waals surface area (Å²) in [5, 5.41) is 11.9. The van der Waals surface area contributed by atoms with Crippen LogP contribution in [0.5, 0.6) is 0 Å². The Hall–Kier alpha value is -2.69. The number of benzene rings is 2. The molecule has 0 aliphatic rings. The topological polar surface area (TPSA) is 69.6 Å². The van der Waals surface area contributed by atoms with Crippen molar-refractivity contribution in [3.63, 3.8) is 0 Å². The van der Waals surface area contributed by atoms with Crippen LogP contribution in [0, 0.1) is 6.92 Å². The lowest BCUT2D eigenvalue weighted by Gasteiger charge is -2.08. The van der Waals surface area contributed by atoms with Crippen LogP contribution < -0.4 is 5.73 Å². The summed E-state index contributed by atoms with van der Waals surface area (Å²) >= 11 is 0. The number of aromatic nitrogens is 4. The van der Waals surface area contributed by atoms with Gasteiger partial charge >= 0.3 is 0 Å². The van der Waals surface area contributed by atoms with Gasteiger partial charge in [0, 0.05) is 11.3 Å². The van der Waals surface area contributed by atoms with Gasteiger partial charge < -0.3 is 5.73 Å². The Morgan fingerprint density at radius 2 is 1.79 bits per heavy atom. The summed E-state index contributed by atoms with van der Waals surface area (Å²) in [4.78, 5) is 0. The zero-order valence-corrected chi connectivity index (χ0v) is 10.5. The standard InChI is InChI=1S/C14H13N5/c1-10-12(8-5-9-13(10)15)14-16-17-18-19(14)11-6-3-2-4-7-11/h2-9H,15H2,1H3. The molecule has 3 aromatic rings. The fourth-order valence-electron chi connectivity index (χ4n) is 1.99. The largest absolute Gasteiger partial charge is 0.398 e. The van der Waals surface area contributed by atoms with E-state index in [0.717, 1.165) is 22.5 Å². The Morgan fingerprint density at radius 3 is 2.58 bits per heavy atom. The van der Waals surface area contributed by atoms with Crippen molar-refractivity contribution in [2.45, 2.75) is 6.92 Å². The highest BCUT2D eigenvalue weighted by Gasteiger charge is 2.13. The van der Waals surface area contributed by atoms with Crippen LogP contribution in [0.4, 0.5) is 5.69 Å². The van der Waals surface area contributed by atoms with E-state index < -0.39 is 0 Å². The van der Waals surface area contributed by atoms with Crippen molar-refractivity contribution in [1.29, 1.82) is 0 Å². The van der Waals surface area contributed by atoms with Gasteiger partial charge in [0.25, 0.3) is 0 Å². The molecule has 0 fully saturated rings. The van der Waals surface area contributed by atoms with E-state index in [0.29, 0.717) is 5.82 Å². The van der Waals surface area contributed by atoms with E-state index in [2.05, 4.69) is 15.5 Å². The number of tetrazole rings is 1. The van der Waals surface area contributed by atoms with Crippen molar-refractivity contribution in [2.24, 2.45) is 0 Å². The third-order valence-electron chi connectivity index (χ3n) is 3.09. The Kier molecular flexibility index (Phi) is 2.72. The van der Waals surface area contributed by atoms with Crippen LogP contribution >= 0.6 is 0 Å². The van der Waals surface area contributed by atoms with E-state index >= 15 is 0 Å². The van der Waals surface area contributed by atoms with Gasteiger partial charge in [-0.1, -0.05) is 30.3 Å². The molecule has 0 bridgehead atoms. The van der Waals surface area contributed by atoms with Gasteiger partial charge in [0.05, 0.1) is 5.69 Å². The number of para-hydroxylation sites is 1. The van der Waals surface area contributed by atoms with E-state index in [-0.39, 0.29) is 0 Å². The van der Waals surface area contributed by atoms with Crippen molar-refractivity contribution >= 4 is 5.69 Å². The SMILES string of the molecule is Cc1c(N)cccc1-c1nnnn1-c1ccccc1. The summed E-state index contributed by atoms with van der Waals surface area (Å²) in [5.74, 6) is 0.691. The van der Waals surface area contributed by atoms with Crippen molar-refractivity contribution < 1.29 is 0 Å². The first kappa shape index (κ1) is 11.4. The lowest BCUT2D eigenvalue weighted by atomic mass is 10.1. The minimum Gasteiger partial charge on any atom is -0.398 e. The Labute approximate surface area is 110 Å². The van der Waals surface area contributed by atoms with Crippen LogP contribution in [0.2, 0.25) is 0 Å². The maximum atomic E-state index is 5.94. The summed E-state index contributed by atoms with van der Waals surface area (Å²) in [6, 6.07) is 15.5. The number of hydrogen-bond acceptors (Lipinski definition) is 4. The molecule has 1 heterocycles. The molecule has 1 aromatic heterocycles. The molecule has 0 radical (unpaired) electrons. The predicted octanol–water partition coefficient (Wildman–Crippen LogP) is 2.22.